The van der Waals surface area contributed by atoms with Crippen molar-refractivity contribution in [1.82, 2.24) is 15.5 Å². The Labute approximate surface area is 104 Å². The third kappa shape index (κ3) is 7.38. The van der Waals surface area contributed by atoms with E-state index in [2.05, 4.69) is 36.1 Å². The molecule has 0 aliphatic rings. The molecule has 0 radical (unpaired) electrons. The van der Waals surface area contributed by atoms with Gasteiger partial charge in [0.15, 0.2) is 5.96 Å². The van der Waals surface area contributed by atoms with Gasteiger partial charge in [-0.3, -0.25) is 4.79 Å². The summed E-state index contributed by atoms with van der Waals surface area (Å²) >= 11 is 0. The Kier molecular flexibility index (Phi) is 7.84. The fraction of sp³-hybridized carbons (Fsp3) is 0.667. The predicted molar refractivity (Wildman–Crippen MR) is 72.1 cm³/mol. The van der Waals surface area contributed by atoms with Crippen LogP contribution >= 0.6 is 0 Å². The highest BCUT2D eigenvalue weighted by atomic mass is 16.2. The maximum atomic E-state index is 11.4. The van der Waals surface area contributed by atoms with Gasteiger partial charge in [0.2, 0.25) is 5.91 Å². The first-order valence-corrected chi connectivity index (χ1v) is 5.87. The third-order valence-electron chi connectivity index (χ3n) is 2.28. The van der Waals surface area contributed by atoms with Crippen LogP contribution in [0.2, 0.25) is 0 Å². The number of hydrogen-bond acceptors (Lipinski definition) is 2. The van der Waals surface area contributed by atoms with Gasteiger partial charge in [0.1, 0.15) is 6.54 Å². The van der Waals surface area contributed by atoms with Crippen molar-refractivity contribution in [3.8, 4) is 0 Å². The monoisotopic (exact) mass is 240 g/mol. The topological polar surface area (TPSA) is 56.7 Å². The van der Waals surface area contributed by atoms with Gasteiger partial charge in [-0.15, -0.1) is 6.58 Å². The Morgan fingerprint density at radius 1 is 1.53 bits per heavy atom. The van der Waals surface area contributed by atoms with Crippen LogP contribution < -0.4 is 10.6 Å². The van der Waals surface area contributed by atoms with Crippen molar-refractivity contribution < 1.29 is 4.79 Å². The van der Waals surface area contributed by atoms with Crippen LogP contribution in [0.4, 0.5) is 0 Å². The molecule has 0 aliphatic heterocycles. The summed E-state index contributed by atoms with van der Waals surface area (Å²) in [6.07, 6.45) is 2.75. The summed E-state index contributed by atoms with van der Waals surface area (Å²) in [6, 6.07) is 0.320. The normalized spacial score (nSPS) is 12.8. The van der Waals surface area contributed by atoms with Gasteiger partial charge in [0, 0.05) is 26.7 Å². The van der Waals surface area contributed by atoms with Crippen molar-refractivity contribution in [2.24, 2.45) is 4.99 Å². The lowest BCUT2D eigenvalue weighted by Gasteiger charge is -2.16. The van der Waals surface area contributed by atoms with Gasteiger partial charge >= 0.3 is 0 Å². The number of nitrogens with one attached hydrogen (secondary N) is 2. The standard InChI is InChI=1S/C12H24N4O/c1-6-8-13-12(15-10(3)7-2)14-9-11(17)16(4)5/h6,10H,1,7-9H2,2-5H3,(H2,13,14,15). The number of rotatable bonds is 6. The number of hydrogen-bond donors (Lipinski definition) is 2. The minimum atomic E-state index is -0.0196. The van der Waals surface area contributed by atoms with E-state index in [-0.39, 0.29) is 12.5 Å². The van der Waals surface area contributed by atoms with Crippen molar-refractivity contribution in [2.75, 3.05) is 27.2 Å². The van der Waals surface area contributed by atoms with E-state index in [0.29, 0.717) is 18.5 Å². The number of aliphatic imine (C=N–C) groups is 1. The van der Waals surface area contributed by atoms with Crippen LogP contribution in [0.3, 0.4) is 0 Å². The molecule has 1 atom stereocenters. The molecule has 5 heteroatoms. The molecule has 0 saturated heterocycles. The van der Waals surface area contributed by atoms with Crippen molar-refractivity contribution in [1.29, 1.82) is 0 Å². The first-order chi connectivity index (χ1) is 8.01. The summed E-state index contributed by atoms with van der Waals surface area (Å²) in [5, 5.41) is 6.30. The fourth-order valence-electron chi connectivity index (χ4n) is 0.945. The fourth-order valence-corrected chi connectivity index (χ4v) is 0.945. The third-order valence-corrected chi connectivity index (χ3v) is 2.28. The van der Waals surface area contributed by atoms with Crippen LogP contribution in [0.25, 0.3) is 0 Å². The lowest BCUT2D eigenvalue weighted by Crippen LogP contribution is -2.42. The van der Waals surface area contributed by atoms with Crippen LogP contribution in [0.15, 0.2) is 17.6 Å². The molecule has 0 aliphatic carbocycles. The van der Waals surface area contributed by atoms with Crippen molar-refractivity contribution in [3.63, 3.8) is 0 Å². The van der Waals surface area contributed by atoms with Crippen LogP contribution in [-0.4, -0.2) is 50.0 Å². The van der Waals surface area contributed by atoms with Crippen molar-refractivity contribution in [3.05, 3.63) is 12.7 Å². The van der Waals surface area contributed by atoms with Gasteiger partial charge in [0.25, 0.3) is 0 Å². The first kappa shape index (κ1) is 15.5. The van der Waals surface area contributed by atoms with Crippen molar-refractivity contribution in [2.45, 2.75) is 26.3 Å². The second-order valence-corrected chi connectivity index (χ2v) is 4.08. The maximum absolute atomic E-state index is 11.4. The highest BCUT2D eigenvalue weighted by Gasteiger charge is 2.05. The number of nitrogens with zero attached hydrogens (tertiary/aromatic N) is 2. The molecule has 98 valence electrons. The summed E-state index contributed by atoms with van der Waals surface area (Å²) < 4.78 is 0. The number of amides is 1. The van der Waals surface area contributed by atoms with E-state index in [1.807, 2.05) is 0 Å². The highest BCUT2D eigenvalue weighted by molar-refractivity contribution is 5.84. The summed E-state index contributed by atoms with van der Waals surface area (Å²) in [4.78, 5) is 17.2. The molecule has 0 aromatic heterocycles. The number of guanidine groups is 1. The Morgan fingerprint density at radius 3 is 2.65 bits per heavy atom. The van der Waals surface area contributed by atoms with E-state index in [1.165, 1.54) is 4.90 Å². The van der Waals surface area contributed by atoms with E-state index in [4.69, 9.17) is 0 Å². The van der Waals surface area contributed by atoms with Crippen LogP contribution in [0.1, 0.15) is 20.3 Å². The number of carbonyl (C=O) groups excluding carboxylic acids is 1. The lowest BCUT2D eigenvalue weighted by atomic mass is 10.3. The lowest BCUT2D eigenvalue weighted by molar-refractivity contribution is -0.127. The zero-order valence-corrected chi connectivity index (χ0v) is 11.3. The van der Waals surface area contributed by atoms with Gasteiger partial charge in [-0.2, -0.15) is 0 Å². The molecule has 0 heterocycles. The second-order valence-electron chi connectivity index (χ2n) is 4.08. The average Bonchev–Trinajstić information content (AvgIpc) is 2.31. The molecular formula is C12H24N4O. The van der Waals surface area contributed by atoms with Gasteiger partial charge in [0.05, 0.1) is 0 Å². The highest BCUT2D eigenvalue weighted by Crippen LogP contribution is 1.88. The minimum Gasteiger partial charge on any atom is -0.354 e. The minimum absolute atomic E-state index is 0.0196. The molecule has 0 spiro atoms. The Morgan fingerprint density at radius 2 is 2.18 bits per heavy atom. The largest absolute Gasteiger partial charge is 0.354 e. The predicted octanol–water partition coefficient (Wildman–Crippen LogP) is 0.594. The van der Waals surface area contributed by atoms with Gasteiger partial charge in [-0.05, 0) is 13.3 Å². The average molecular weight is 240 g/mol. The van der Waals surface area contributed by atoms with Gasteiger partial charge < -0.3 is 15.5 Å². The number of carbonyl (C=O) groups is 1. The molecule has 5 nitrogen and oxygen atoms in total. The maximum Gasteiger partial charge on any atom is 0.243 e. The Hall–Kier alpha value is -1.52. The van der Waals surface area contributed by atoms with Crippen molar-refractivity contribution >= 4 is 11.9 Å². The van der Waals surface area contributed by atoms with E-state index in [1.54, 1.807) is 20.2 Å². The first-order valence-electron chi connectivity index (χ1n) is 5.87. The smallest absolute Gasteiger partial charge is 0.243 e. The molecule has 0 rings (SSSR count). The summed E-state index contributed by atoms with van der Waals surface area (Å²) in [6.45, 7) is 8.57. The van der Waals surface area contributed by atoms with Gasteiger partial charge in [-0.1, -0.05) is 13.0 Å². The zero-order valence-electron chi connectivity index (χ0n) is 11.3. The summed E-state index contributed by atoms with van der Waals surface area (Å²) in [7, 11) is 3.44. The Balaban J connectivity index is 4.38. The van der Waals surface area contributed by atoms with E-state index >= 15 is 0 Å². The van der Waals surface area contributed by atoms with E-state index in [0.717, 1.165) is 6.42 Å². The summed E-state index contributed by atoms with van der Waals surface area (Å²) in [5.74, 6) is 0.628. The molecule has 17 heavy (non-hydrogen) atoms. The SMILES string of the molecule is C=CCNC(=NCC(=O)N(C)C)NC(C)CC. The molecule has 1 unspecified atom stereocenters. The quantitative estimate of drug-likeness (QED) is 0.406. The molecular weight excluding hydrogens is 216 g/mol. The molecule has 0 fully saturated rings. The molecule has 0 bridgehead atoms. The second kappa shape index (κ2) is 8.61. The molecule has 2 N–H and O–H groups in total. The van der Waals surface area contributed by atoms with E-state index in [9.17, 15) is 4.79 Å². The van der Waals surface area contributed by atoms with Crippen LogP contribution in [0.5, 0.6) is 0 Å². The van der Waals surface area contributed by atoms with Crippen LogP contribution in [-0.2, 0) is 4.79 Å². The molecule has 1 amide bonds. The van der Waals surface area contributed by atoms with E-state index < -0.39 is 0 Å². The van der Waals surface area contributed by atoms with Gasteiger partial charge in [-0.25, -0.2) is 4.99 Å². The summed E-state index contributed by atoms with van der Waals surface area (Å²) in [5.41, 5.74) is 0. The molecule has 0 saturated carbocycles. The Bertz CT molecular complexity index is 274. The molecule has 0 aromatic rings. The molecule has 0 aromatic carbocycles. The van der Waals surface area contributed by atoms with Crippen LogP contribution in [0, 0.1) is 0 Å². The number of likely N-dealkylation sites (N-methyl/N-ethyl adjacent to an activating group) is 1. The zero-order chi connectivity index (χ0) is 13.3.